The topological polar surface area (TPSA) is 114 Å². The van der Waals surface area contributed by atoms with Gasteiger partial charge in [0.2, 0.25) is 10.0 Å². The summed E-state index contributed by atoms with van der Waals surface area (Å²) in [6.45, 7) is 13.2. The van der Waals surface area contributed by atoms with Crippen LogP contribution in [-0.2, 0) is 31.3 Å². The first-order valence-corrected chi connectivity index (χ1v) is 22.7. The van der Waals surface area contributed by atoms with E-state index in [2.05, 4.69) is 33.9 Å². The van der Waals surface area contributed by atoms with E-state index in [-0.39, 0.29) is 29.4 Å². The first-order valence-electron chi connectivity index (χ1n) is 20.7. The molecule has 2 aliphatic carbocycles. The summed E-state index contributed by atoms with van der Waals surface area (Å²) < 4.78 is 48.5. The fourth-order valence-electron chi connectivity index (χ4n) is 9.42. The number of allylic oxidation sites excluding steroid dienone is 1. The number of hydrogen-bond acceptors (Lipinski definition) is 8. The van der Waals surface area contributed by atoms with Crippen LogP contribution >= 0.6 is 11.6 Å². The maximum Gasteiger partial charge on any atom is 0.410 e. The molecule has 2 aromatic carbocycles. The van der Waals surface area contributed by atoms with Crippen LogP contribution in [-0.4, -0.2) is 81.7 Å². The standard InChI is InChI=1S/C44H60ClN3O7S/c1-29-8-6-10-39(53-23-19-31-17-21-47(22-18-31)42(50)55-43(3,4)5)36-14-11-34(36)26-48-27-44(20-7-9-32-24-35(45)13-15-37(32)44)28-54-40-16-12-33(25-38(40)48)41(49)46-56(51,52)30(29)2/h6,10,12-13,15-16,24-25,29-31,34,36,39H,7-9,11,14,17-23,26-28H2,1-5H3,(H,46,49)/b10-6+/t29-,30+,34-,36+,39-,44-/m0/s1. The number of hydrogen-bond donors (Lipinski definition) is 1. The number of fused-ring (bicyclic) bond motifs is 4. The van der Waals surface area contributed by atoms with Gasteiger partial charge in [-0.3, -0.25) is 4.79 Å². The van der Waals surface area contributed by atoms with E-state index in [0.717, 1.165) is 68.6 Å². The molecule has 1 saturated carbocycles. The number of carbonyl (C=O) groups excluding carboxylic acids is 2. The average Bonchev–Trinajstić information content (AvgIpc) is 3.28. The zero-order chi connectivity index (χ0) is 39.8. The van der Waals surface area contributed by atoms with Crippen molar-refractivity contribution < 1.29 is 32.2 Å². The molecule has 7 rings (SSSR count). The summed E-state index contributed by atoms with van der Waals surface area (Å²) in [6, 6.07) is 11.6. The van der Waals surface area contributed by atoms with Gasteiger partial charge in [-0.05, 0) is 151 Å². The van der Waals surface area contributed by atoms with Gasteiger partial charge in [0.25, 0.3) is 5.91 Å². The molecule has 56 heavy (non-hydrogen) atoms. The van der Waals surface area contributed by atoms with Crippen molar-refractivity contribution in [3.63, 3.8) is 0 Å². The minimum atomic E-state index is -3.96. The van der Waals surface area contributed by atoms with Crippen molar-refractivity contribution in [2.24, 2.45) is 23.7 Å². The molecule has 2 fully saturated rings. The van der Waals surface area contributed by atoms with E-state index in [1.54, 1.807) is 13.0 Å². The Morgan fingerprint density at radius 1 is 1.07 bits per heavy atom. The minimum Gasteiger partial charge on any atom is -0.490 e. The molecule has 5 aliphatic rings. The summed E-state index contributed by atoms with van der Waals surface area (Å²) >= 11 is 6.49. The summed E-state index contributed by atoms with van der Waals surface area (Å²) in [4.78, 5) is 30.5. The van der Waals surface area contributed by atoms with Gasteiger partial charge in [0, 0.05) is 48.8 Å². The first kappa shape index (κ1) is 40.9. The molecule has 0 radical (unpaired) electrons. The minimum absolute atomic E-state index is 0.108. The SMILES string of the molecule is C[C@@H]1[C@@H](C)C/C=C/[C@H](OCCC2CCN(C(=O)OC(C)(C)C)CC2)[C@@H]2CC[C@H]2CN2C[C@@]3(CCCc4cc(Cl)ccc43)COc3ccc(cc32)C(=O)NS1(=O)=O. The van der Waals surface area contributed by atoms with Gasteiger partial charge in [-0.25, -0.2) is 17.9 Å². The number of carbonyl (C=O) groups is 2. The van der Waals surface area contributed by atoms with Crippen LogP contribution in [0.3, 0.4) is 0 Å². The number of rotatable bonds is 4. The number of benzene rings is 2. The van der Waals surface area contributed by atoms with E-state index in [0.29, 0.717) is 62.4 Å². The van der Waals surface area contributed by atoms with E-state index in [4.69, 9.17) is 25.8 Å². The smallest absolute Gasteiger partial charge is 0.410 e. The Kier molecular flexibility index (Phi) is 12.1. The van der Waals surface area contributed by atoms with E-state index < -0.39 is 26.8 Å². The highest BCUT2D eigenvalue weighted by Crippen LogP contribution is 2.47. The Balaban J connectivity index is 1.14. The number of nitrogens with zero attached hydrogens (tertiary/aromatic N) is 2. The van der Waals surface area contributed by atoms with Crippen LogP contribution in [0.4, 0.5) is 10.5 Å². The molecule has 306 valence electrons. The van der Waals surface area contributed by atoms with Crippen LogP contribution in [0, 0.1) is 23.7 Å². The van der Waals surface area contributed by atoms with Crippen molar-refractivity contribution in [1.82, 2.24) is 9.62 Å². The Hall–Kier alpha value is -3.28. The Morgan fingerprint density at radius 3 is 2.59 bits per heavy atom. The van der Waals surface area contributed by atoms with Gasteiger partial charge >= 0.3 is 6.09 Å². The van der Waals surface area contributed by atoms with Crippen molar-refractivity contribution in [2.75, 3.05) is 44.3 Å². The highest BCUT2D eigenvalue weighted by atomic mass is 35.5. The van der Waals surface area contributed by atoms with Gasteiger partial charge < -0.3 is 24.0 Å². The van der Waals surface area contributed by atoms with Gasteiger partial charge in [-0.15, -0.1) is 0 Å². The number of ether oxygens (including phenoxy) is 3. The number of amides is 2. The Bertz CT molecular complexity index is 1910. The number of aryl methyl sites for hydroxylation is 1. The van der Waals surface area contributed by atoms with E-state index in [1.807, 2.05) is 50.8 Å². The van der Waals surface area contributed by atoms with Crippen molar-refractivity contribution >= 4 is 39.3 Å². The second-order valence-corrected chi connectivity index (χ2v) is 20.6. The molecule has 10 nitrogen and oxygen atoms in total. The van der Waals surface area contributed by atoms with Crippen molar-refractivity contribution in [2.45, 2.75) is 115 Å². The summed E-state index contributed by atoms with van der Waals surface area (Å²) in [6.07, 6.45) is 12.3. The molecule has 3 heterocycles. The highest BCUT2D eigenvalue weighted by Gasteiger charge is 2.45. The molecule has 2 aromatic rings. The number of sulfonamides is 1. The lowest BCUT2D eigenvalue weighted by molar-refractivity contribution is -0.0214. The maximum atomic E-state index is 13.6. The number of nitrogens with one attached hydrogen (secondary N) is 1. The van der Waals surface area contributed by atoms with Crippen LogP contribution in [0.5, 0.6) is 5.75 Å². The zero-order valence-electron chi connectivity index (χ0n) is 33.7. The molecule has 1 saturated heterocycles. The van der Waals surface area contributed by atoms with Gasteiger partial charge in [-0.1, -0.05) is 36.7 Å². The lowest BCUT2D eigenvalue weighted by Gasteiger charge is -2.46. The number of anilines is 1. The summed E-state index contributed by atoms with van der Waals surface area (Å²) in [5.41, 5.74) is 2.86. The third kappa shape index (κ3) is 9.05. The summed E-state index contributed by atoms with van der Waals surface area (Å²) in [7, 11) is -3.96. The van der Waals surface area contributed by atoms with Crippen LogP contribution in [0.25, 0.3) is 0 Å². The molecule has 3 aliphatic heterocycles. The van der Waals surface area contributed by atoms with Crippen LogP contribution in [0.1, 0.15) is 107 Å². The molecule has 6 atom stereocenters. The van der Waals surface area contributed by atoms with Gasteiger partial charge in [0.15, 0.2) is 0 Å². The summed E-state index contributed by atoms with van der Waals surface area (Å²) in [5, 5.41) is -0.0487. The fraction of sp³-hybridized carbons (Fsp3) is 0.636. The zero-order valence-corrected chi connectivity index (χ0v) is 35.3. The quantitative estimate of drug-likeness (QED) is 0.307. The van der Waals surface area contributed by atoms with Gasteiger partial charge in [0.1, 0.15) is 11.4 Å². The second kappa shape index (κ2) is 16.5. The largest absolute Gasteiger partial charge is 0.490 e. The monoisotopic (exact) mass is 809 g/mol. The van der Waals surface area contributed by atoms with Gasteiger partial charge in [0.05, 0.1) is 23.6 Å². The fourth-order valence-corrected chi connectivity index (χ4v) is 10.9. The lowest BCUT2D eigenvalue weighted by Crippen LogP contribution is -2.49. The molecular formula is C44H60ClN3O7S. The third-order valence-corrected chi connectivity index (χ3v) is 15.3. The Labute approximate surface area is 338 Å². The predicted molar refractivity (Wildman–Crippen MR) is 220 cm³/mol. The van der Waals surface area contributed by atoms with Crippen molar-refractivity contribution in [1.29, 1.82) is 0 Å². The van der Waals surface area contributed by atoms with E-state index in [1.165, 1.54) is 11.1 Å². The molecular weight excluding hydrogens is 750 g/mol. The number of likely N-dealkylation sites (tertiary alicyclic amines) is 1. The average molecular weight is 810 g/mol. The molecule has 2 amide bonds. The molecule has 1 N–H and O–H groups in total. The highest BCUT2D eigenvalue weighted by molar-refractivity contribution is 7.90. The predicted octanol–water partition coefficient (Wildman–Crippen LogP) is 8.31. The number of halogens is 1. The maximum absolute atomic E-state index is 13.6. The van der Waals surface area contributed by atoms with Crippen LogP contribution < -0.4 is 14.4 Å². The molecule has 12 heteroatoms. The van der Waals surface area contributed by atoms with Gasteiger partial charge in [-0.2, -0.15) is 0 Å². The number of piperidine rings is 1. The molecule has 0 aromatic heterocycles. The Morgan fingerprint density at radius 2 is 1.86 bits per heavy atom. The molecule has 1 spiro atoms. The third-order valence-electron chi connectivity index (χ3n) is 13.1. The van der Waals surface area contributed by atoms with Crippen molar-refractivity contribution in [3.8, 4) is 5.75 Å². The lowest BCUT2D eigenvalue weighted by atomic mass is 9.68. The van der Waals surface area contributed by atoms with Crippen molar-refractivity contribution in [3.05, 3.63) is 70.3 Å². The van der Waals surface area contributed by atoms with Crippen LogP contribution in [0.2, 0.25) is 5.02 Å². The van der Waals surface area contributed by atoms with E-state index in [9.17, 15) is 18.0 Å². The molecule has 0 unspecified atom stereocenters. The summed E-state index contributed by atoms with van der Waals surface area (Å²) in [5.74, 6) is 0.952. The first-order chi connectivity index (χ1) is 26.6. The second-order valence-electron chi connectivity index (χ2n) is 18.1. The molecule has 2 bridgehead atoms. The normalized spacial score (nSPS) is 30.2. The van der Waals surface area contributed by atoms with Crippen LogP contribution in [0.15, 0.2) is 48.6 Å². The van der Waals surface area contributed by atoms with E-state index >= 15 is 0 Å².